The van der Waals surface area contributed by atoms with Crippen LogP contribution in [0.1, 0.15) is 25.3 Å². The first-order chi connectivity index (χ1) is 16.1. The molecule has 0 atom stereocenters. The second kappa shape index (κ2) is 10.3. The van der Waals surface area contributed by atoms with E-state index in [9.17, 15) is 4.79 Å². The van der Waals surface area contributed by atoms with Crippen LogP contribution in [-0.2, 0) is 0 Å². The monoisotopic (exact) mass is 463 g/mol. The van der Waals surface area contributed by atoms with Gasteiger partial charge in [-0.15, -0.1) is 5.10 Å². The lowest BCUT2D eigenvalue weighted by Gasteiger charge is -2.09. The molecule has 0 bridgehead atoms. The van der Waals surface area contributed by atoms with Crippen molar-refractivity contribution in [2.45, 2.75) is 19.8 Å². The molecule has 7 nitrogen and oxygen atoms in total. The molecule has 0 saturated heterocycles. The zero-order valence-electron chi connectivity index (χ0n) is 18.6. The van der Waals surface area contributed by atoms with Crippen molar-refractivity contribution in [1.29, 1.82) is 0 Å². The van der Waals surface area contributed by atoms with Crippen molar-refractivity contribution in [3.63, 3.8) is 0 Å². The van der Waals surface area contributed by atoms with Crippen molar-refractivity contribution < 1.29 is 14.2 Å². The molecule has 0 aliphatic heterocycles. The van der Waals surface area contributed by atoms with Gasteiger partial charge in [-0.3, -0.25) is 4.79 Å². The van der Waals surface area contributed by atoms with Gasteiger partial charge in [-0.05, 0) is 54.5 Å². The Labute approximate surface area is 195 Å². The van der Waals surface area contributed by atoms with Crippen molar-refractivity contribution in [2.75, 3.05) is 20.3 Å². The lowest BCUT2D eigenvalue weighted by molar-refractivity contribution is 0.309. The first kappa shape index (κ1) is 22.5. The number of hydrogen-bond acceptors (Lipinski definition) is 7. The number of benzene rings is 2. The number of aromatic nitrogens is 3. The highest BCUT2D eigenvalue weighted by Crippen LogP contribution is 2.28. The number of fused-ring (bicyclic) bond motifs is 1. The SMILES string of the molecule is C=CCOc1ccc(C=c2sc3nc(-c4ccc(OCCCC)cc4)nn3c2=O)cc1OC. The van der Waals surface area contributed by atoms with E-state index in [1.807, 2.05) is 42.5 Å². The summed E-state index contributed by atoms with van der Waals surface area (Å²) in [4.78, 5) is 18.0. The van der Waals surface area contributed by atoms with E-state index >= 15 is 0 Å². The van der Waals surface area contributed by atoms with Crippen LogP contribution >= 0.6 is 11.3 Å². The van der Waals surface area contributed by atoms with Gasteiger partial charge in [-0.2, -0.15) is 9.50 Å². The van der Waals surface area contributed by atoms with Crippen LogP contribution in [0.3, 0.4) is 0 Å². The summed E-state index contributed by atoms with van der Waals surface area (Å²) >= 11 is 1.29. The zero-order valence-corrected chi connectivity index (χ0v) is 19.4. The van der Waals surface area contributed by atoms with Gasteiger partial charge in [0, 0.05) is 5.56 Å². The fourth-order valence-electron chi connectivity index (χ4n) is 3.18. The molecule has 4 rings (SSSR count). The van der Waals surface area contributed by atoms with Gasteiger partial charge >= 0.3 is 0 Å². The van der Waals surface area contributed by atoms with Crippen molar-refractivity contribution in [3.05, 3.63) is 75.6 Å². The first-order valence-corrected chi connectivity index (χ1v) is 11.5. The van der Waals surface area contributed by atoms with E-state index in [1.54, 1.807) is 19.3 Å². The summed E-state index contributed by atoms with van der Waals surface area (Å²) in [7, 11) is 1.58. The van der Waals surface area contributed by atoms with Crippen LogP contribution in [0.4, 0.5) is 0 Å². The van der Waals surface area contributed by atoms with Crippen molar-refractivity contribution in [3.8, 4) is 28.6 Å². The second-order valence-electron chi connectivity index (χ2n) is 7.28. The third kappa shape index (κ3) is 5.06. The van der Waals surface area contributed by atoms with Gasteiger partial charge < -0.3 is 14.2 Å². The van der Waals surface area contributed by atoms with E-state index in [-0.39, 0.29) is 5.56 Å². The molecule has 0 spiro atoms. The van der Waals surface area contributed by atoms with Crippen LogP contribution in [0, 0.1) is 0 Å². The minimum Gasteiger partial charge on any atom is -0.494 e. The Bertz CT molecular complexity index is 1360. The molecule has 170 valence electrons. The molecular formula is C25H25N3O4S. The molecule has 8 heteroatoms. The Hall–Kier alpha value is -3.65. The van der Waals surface area contributed by atoms with Gasteiger partial charge in [0.25, 0.3) is 5.56 Å². The molecule has 0 fully saturated rings. The summed E-state index contributed by atoms with van der Waals surface area (Å²) in [5, 5.41) is 4.42. The summed E-state index contributed by atoms with van der Waals surface area (Å²) in [5.74, 6) is 2.52. The lowest BCUT2D eigenvalue weighted by atomic mass is 10.2. The average Bonchev–Trinajstić information content (AvgIpc) is 3.38. The van der Waals surface area contributed by atoms with Gasteiger partial charge in [-0.1, -0.05) is 43.4 Å². The Balaban J connectivity index is 1.59. The summed E-state index contributed by atoms with van der Waals surface area (Å²) in [6, 6.07) is 13.1. The standard InChI is InChI=1S/C25H25N3O4S/c1-4-6-14-31-19-10-8-18(9-11-19)23-26-25-28(27-23)24(29)22(33-25)16-17-7-12-20(32-13-5-2)21(15-17)30-3/h5,7-12,15-16H,2,4,6,13-14H2,1,3H3. The fourth-order valence-corrected chi connectivity index (χ4v) is 4.09. The Morgan fingerprint density at radius 2 is 1.94 bits per heavy atom. The normalized spacial score (nSPS) is 11.6. The molecule has 2 heterocycles. The third-order valence-corrected chi connectivity index (χ3v) is 5.86. The van der Waals surface area contributed by atoms with Crippen LogP contribution < -0.4 is 24.3 Å². The minimum absolute atomic E-state index is 0.209. The smallest absolute Gasteiger partial charge is 0.291 e. The third-order valence-electron chi connectivity index (χ3n) is 4.90. The molecule has 2 aromatic heterocycles. The summed E-state index contributed by atoms with van der Waals surface area (Å²) < 4.78 is 18.6. The topological polar surface area (TPSA) is 75.0 Å². The van der Waals surface area contributed by atoms with Gasteiger partial charge in [0.1, 0.15) is 12.4 Å². The van der Waals surface area contributed by atoms with Crippen LogP contribution in [0.2, 0.25) is 0 Å². The molecule has 0 saturated carbocycles. The predicted molar refractivity (Wildman–Crippen MR) is 130 cm³/mol. The summed E-state index contributed by atoms with van der Waals surface area (Å²) in [6.07, 6.45) is 5.58. The summed E-state index contributed by atoms with van der Waals surface area (Å²) in [5.41, 5.74) is 1.44. The Morgan fingerprint density at radius 3 is 2.64 bits per heavy atom. The molecule has 0 aliphatic rings. The van der Waals surface area contributed by atoms with Gasteiger partial charge in [0.15, 0.2) is 17.3 Å². The van der Waals surface area contributed by atoms with Crippen LogP contribution in [0.5, 0.6) is 17.2 Å². The Morgan fingerprint density at radius 1 is 1.12 bits per heavy atom. The molecule has 33 heavy (non-hydrogen) atoms. The van der Waals surface area contributed by atoms with E-state index in [1.165, 1.54) is 15.9 Å². The Kier molecular flexibility index (Phi) is 7.04. The molecular weight excluding hydrogens is 438 g/mol. The maximum atomic E-state index is 12.9. The second-order valence-corrected chi connectivity index (χ2v) is 8.29. The lowest BCUT2D eigenvalue weighted by Crippen LogP contribution is -2.23. The highest BCUT2D eigenvalue weighted by Gasteiger charge is 2.13. The minimum atomic E-state index is -0.209. The quantitative estimate of drug-likeness (QED) is 0.260. The van der Waals surface area contributed by atoms with Crippen LogP contribution in [0.25, 0.3) is 22.4 Å². The van der Waals surface area contributed by atoms with E-state index < -0.39 is 0 Å². The zero-order chi connectivity index (χ0) is 23.2. The highest BCUT2D eigenvalue weighted by atomic mass is 32.1. The first-order valence-electron chi connectivity index (χ1n) is 10.7. The van der Waals surface area contributed by atoms with Gasteiger partial charge in [0.2, 0.25) is 4.96 Å². The van der Waals surface area contributed by atoms with Crippen LogP contribution in [-0.4, -0.2) is 34.9 Å². The largest absolute Gasteiger partial charge is 0.494 e. The number of nitrogens with zero attached hydrogens (tertiary/aromatic N) is 3. The van der Waals surface area contributed by atoms with Gasteiger partial charge in [-0.25, -0.2) is 0 Å². The molecule has 0 amide bonds. The fraction of sp³-hybridized carbons (Fsp3) is 0.240. The molecule has 0 unspecified atom stereocenters. The van der Waals surface area contributed by atoms with Gasteiger partial charge in [0.05, 0.1) is 18.2 Å². The van der Waals surface area contributed by atoms with E-state index in [0.717, 1.165) is 29.7 Å². The number of rotatable bonds is 10. The maximum Gasteiger partial charge on any atom is 0.291 e. The van der Waals surface area contributed by atoms with E-state index in [4.69, 9.17) is 14.2 Å². The highest BCUT2D eigenvalue weighted by molar-refractivity contribution is 7.15. The van der Waals surface area contributed by atoms with Crippen LogP contribution in [0.15, 0.2) is 59.9 Å². The average molecular weight is 464 g/mol. The number of thiazole rings is 1. The molecule has 2 aromatic carbocycles. The van der Waals surface area contributed by atoms with E-state index in [0.29, 0.717) is 40.0 Å². The maximum absolute atomic E-state index is 12.9. The number of unbranched alkanes of at least 4 members (excludes halogenated alkanes) is 1. The molecule has 0 N–H and O–H groups in total. The number of hydrogen-bond donors (Lipinski definition) is 0. The number of methoxy groups -OCH3 is 1. The molecule has 0 radical (unpaired) electrons. The summed E-state index contributed by atoms with van der Waals surface area (Å²) in [6.45, 7) is 6.86. The predicted octanol–water partition coefficient (Wildman–Crippen LogP) is 4.12. The van der Waals surface area contributed by atoms with E-state index in [2.05, 4.69) is 23.6 Å². The molecule has 4 aromatic rings. The van der Waals surface area contributed by atoms with Crippen molar-refractivity contribution >= 4 is 22.4 Å². The van der Waals surface area contributed by atoms with Crippen molar-refractivity contribution in [1.82, 2.24) is 14.6 Å². The molecule has 0 aliphatic carbocycles. The number of ether oxygens (including phenoxy) is 3. The van der Waals surface area contributed by atoms with Crippen molar-refractivity contribution in [2.24, 2.45) is 0 Å².